The van der Waals surface area contributed by atoms with Crippen LogP contribution < -0.4 is 10.6 Å². The lowest BCUT2D eigenvalue weighted by Gasteiger charge is -2.26. The second kappa shape index (κ2) is 4.91. The van der Waals surface area contributed by atoms with E-state index in [-0.39, 0.29) is 24.7 Å². The standard InChI is InChI=1S/C9H13N5O3/c15-8(16)1-2-11-9(17)7-5-14(13-12-7)6-3-10-4-6/h5-6,10H,1-4H2,(H,11,17)(H,15,16). The predicted octanol–water partition coefficient (Wildman–Crippen LogP) is -1.37. The molecule has 1 aromatic heterocycles. The maximum atomic E-state index is 11.5. The zero-order valence-electron chi connectivity index (χ0n) is 9.09. The molecule has 8 nitrogen and oxygen atoms in total. The molecule has 1 saturated heterocycles. The average Bonchev–Trinajstić information content (AvgIpc) is 2.63. The third-order valence-corrected chi connectivity index (χ3v) is 2.50. The van der Waals surface area contributed by atoms with Crippen LogP contribution in [0.15, 0.2) is 6.20 Å². The van der Waals surface area contributed by atoms with Gasteiger partial charge in [0.1, 0.15) is 0 Å². The van der Waals surface area contributed by atoms with Crippen molar-refractivity contribution in [3.8, 4) is 0 Å². The van der Waals surface area contributed by atoms with Crippen LogP contribution in [0, 0.1) is 0 Å². The monoisotopic (exact) mass is 239 g/mol. The van der Waals surface area contributed by atoms with Crippen molar-refractivity contribution in [2.75, 3.05) is 19.6 Å². The Bertz CT molecular complexity index is 426. The van der Waals surface area contributed by atoms with Crippen molar-refractivity contribution in [3.63, 3.8) is 0 Å². The molecule has 0 bridgehead atoms. The van der Waals surface area contributed by atoms with Crippen LogP contribution in [-0.2, 0) is 4.79 Å². The summed E-state index contributed by atoms with van der Waals surface area (Å²) in [6.45, 7) is 1.73. The minimum absolute atomic E-state index is 0.0893. The van der Waals surface area contributed by atoms with Crippen molar-refractivity contribution in [3.05, 3.63) is 11.9 Å². The molecular weight excluding hydrogens is 226 g/mol. The number of hydrogen-bond donors (Lipinski definition) is 3. The summed E-state index contributed by atoms with van der Waals surface area (Å²) in [6, 6.07) is 0.253. The van der Waals surface area contributed by atoms with Crippen molar-refractivity contribution < 1.29 is 14.7 Å². The van der Waals surface area contributed by atoms with Gasteiger partial charge in [0, 0.05) is 19.6 Å². The van der Waals surface area contributed by atoms with E-state index in [0.717, 1.165) is 13.1 Å². The van der Waals surface area contributed by atoms with Crippen molar-refractivity contribution in [1.82, 2.24) is 25.6 Å². The highest BCUT2D eigenvalue weighted by Gasteiger charge is 2.21. The Kier molecular flexibility index (Phi) is 3.33. The van der Waals surface area contributed by atoms with Crippen LogP contribution in [0.4, 0.5) is 0 Å². The van der Waals surface area contributed by atoms with Crippen molar-refractivity contribution in [1.29, 1.82) is 0 Å². The Labute approximate surface area is 97.0 Å². The fourth-order valence-corrected chi connectivity index (χ4v) is 1.39. The smallest absolute Gasteiger partial charge is 0.305 e. The number of aliphatic carboxylic acids is 1. The Hall–Kier alpha value is -1.96. The van der Waals surface area contributed by atoms with E-state index in [1.54, 1.807) is 10.9 Å². The second-order valence-corrected chi connectivity index (χ2v) is 3.80. The van der Waals surface area contributed by atoms with Crippen LogP contribution >= 0.6 is 0 Å². The first-order valence-electron chi connectivity index (χ1n) is 5.29. The normalized spacial score (nSPS) is 15.3. The molecule has 1 aliphatic heterocycles. The Balaban J connectivity index is 1.86. The topological polar surface area (TPSA) is 109 Å². The molecule has 0 unspecified atom stereocenters. The molecule has 0 aliphatic carbocycles. The van der Waals surface area contributed by atoms with Gasteiger partial charge in [0.05, 0.1) is 18.7 Å². The highest BCUT2D eigenvalue weighted by molar-refractivity contribution is 5.92. The third-order valence-electron chi connectivity index (χ3n) is 2.50. The van der Waals surface area contributed by atoms with E-state index in [4.69, 9.17) is 5.11 Å². The van der Waals surface area contributed by atoms with Gasteiger partial charge in [0.15, 0.2) is 5.69 Å². The van der Waals surface area contributed by atoms with Gasteiger partial charge in [-0.2, -0.15) is 0 Å². The summed E-state index contributed by atoms with van der Waals surface area (Å²) in [6.07, 6.45) is 1.47. The Morgan fingerprint density at radius 1 is 1.59 bits per heavy atom. The van der Waals surface area contributed by atoms with Gasteiger partial charge in [-0.15, -0.1) is 5.10 Å². The summed E-state index contributed by atoms with van der Waals surface area (Å²) in [7, 11) is 0. The molecule has 0 radical (unpaired) electrons. The highest BCUT2D eigenvalue weighted by atomic mass is 16.4. The van der Waals surface area contributed by atoms with Crippen molar-refractivity contribution in [2.24, 2.45) is 0 Å². The van der Waals surface area contributed by atoms with Crippen LogP contribution in [0.3, 0.4) is 0 Å². The quantitative estimate of drug-likeness (QED) is 0.584. The molecule has 2 heterocycles. The molecule has 0 aromatic carbocycles. The first-order chi connectivity index (χ1) is 8.16. The molecule has 92 valence electrons. The van der Waals surface area contributed by atoms with Crippen molar-refractivity contribution in [2.45, 2.75) is 12.5 Å². The number of nitrogens with zero attached hydrogens (tertiary/aromatic N) is 3. The van der Waals surface area contributed by atoms with Gasteiger partial charge in [0.25, 0.3) is 5.91 Å². The molecule has 1 fully saturated rings. The molecule has 1 aromatic rings. The second-order valence-electron chi connectivity index (χ2n) is 3.80. The summed E-state index contributed by atoms with van der Waals surface area (Å²) < 4.78 is 1.64. The number of hydrogen-bond acceptors (Lipinski definition) is 5. The number of carbonyl (C=O) groups is 2. The summed E-state index contributed by atoms with van der Waals surface area (Å²) in [5.74, 6) is -1.35. The molecule has 0 atom stereocenters. The van der Waals surface area contributed by atoms with Gasteiger partial charge in [-0.1, -0.05) is 5.21 Å². The molecule has 8 heteroatoms. The third kappa shape index (κ3) is 2.78. The van der Waals surface area contributed by atoms with Gasteiger partial charge in [0.2, 0.25) is 0 Å². The molecule has 1 amide bonds. The minimum atomic E-state index is -0.950. The highest BCUT2D eigenvalue weighted by Crippen LogP contribution is 2.09. The number of carboxylic acid groups (broad SMARTS) is 1. The van der Waals surface area contributed by atoms with E-state index in [2.05, 4.69) is 20.9 Å². The number of aromatic nitrogens is 3. The van der Waals surface area contributed by atoms with Gasteiger partial charge in [-0.25, -0.2) is 4.68 Å². The van der Waals surface area contributed by atoms with Crippen LogP contribution in [0.2, 0.25) is 0 Å². The van der Waals surface area contributed by atoms with Crippen LogP contribution in [0.5, 0.6) is 0 Å². The summed E-state index contributed by atoms with van der Waals surface area (Å²) in [5, 5.41) is 21.6. The number of carbonyl (C=O) groups excluding carboxylic acids is 1. The van der Waals surface area contributed by atoms with Crippen LogP contribution in [0.25, 0.3) is 0 Å². The molecule has 0 saturated carbocycles. The summed E-state index contributed by atoms with van der Waals surface area (Å²) in [4.78, 5) is 21.8. The van der Waals surface area contributed by atoms with Gasteiger partial charge < -0.3 is 15.7 Å². The number of nitrogens with one attached hydrogen (secondary N) is 2. The van der Waals surface area contributed by atoms with Crippen molar-refractivity contribution >= 4 is 11.9 Å². The number of carboxylic acids is 1. The zero-order valence-corrected chi connectivity index (χ0v) is 9.09. The molecule has 0 spiro atoms. The summed E-state index contributed by atoms with van der Waals surface area (Å²) >= 11 is 0. The first kappa shape index (κ1) is 11.5. The van der Waals surface area contributed by atoms with Gasteiger partial charge in [-0.05, 0) is 0 Å². The predicted molar refractivity (Wildman–Crippen MR) is 56.5 cm³/mol. The van der Waals surface area contributed by atoms with E-state index >= 15 is 0 Å². The lowest BCUT2D eigenvalue weighted by molar-refractivity contribution is -0.136. The number of rotatable bonds is 5. The fraction of sp³-hybridized carbons (Fsp3) is 0.556. The maximum absolute atomic E-state index is 11.5. The van der Waals surface area contributed by atoms with Crippen LogP contribution in [0.1, 0.15) is 23.0 Å². The van der Waals surface area contributed by atoms with E-state index in [0.29, 0.717) is 0 Å². The van der Waals surface area contributed by atoms with Crippen LogP contribution in [-0.4, -0.2) is 51.6 Å². The minimum Gasteiger partial charge on any atom is -0.481 e. The number of amides is 1. The molecule has 3 N–H and O–H groups in total. The summed E-state index contributed by atoms with van der Waals surface area (Å²) in [5.41, 5.74) is 0.210. The zero-order chi connectivity index (χ0) is 12.3. The SMILES string of the molecule is O=C(O)CCNC(=O)c1cn(C2CNC2)nn1. The molecule has 1 aliphatic rings. The average molecular weight is 239 g/mol. The fourth-order valence-electron chi connectivity index (χ4n) is 1.39. The van der Waals surface area contributed by atoms with Gasteiger partial charge >= 0.3 is 5.97 Å². The maximum Gasteiger partial charge on any atom is 0.305 e. The Morgan fingerprint density at radius 3 is 2.94 bits per heavy atom. The molecule has 17 heavy (non-hydrogen) atoms. The molecular formula is C9H13N5O3. The van der Waals surface area contributed by atoms with E-state index in [1.165, 1.54) is 0 Å². The Morgan fingerprint density at radius 2 is 2.35 bits per heavy atom. The van der Waals surface area contributed by atoms with Gasteiger partial charge in [-0.3, -0.25) is 9.59 Å². The lowest BCUT2D eigenvalue weighted by Crippen LogP contribution is -2.43. The van der Waals surface area contributed by atoms with E-state index < -0.39 is 11.9 Å². The van der Waals surface area contributed by atoms with E-state index in [9.17, 15) is 9.59 Å². The molecule has 2 rings (SSSR count). The first-order valence-corrected chi connectivity index (χ1v) is 5.29. The lowest BCUT2D eigenvalue weighted by atomic mass is 10.2. The van der Waals surface area contributed by atoms with E-state index in [1.807, 2.05) is 0 Å². The largest absolute Gasteiger partial charge is 0.481 e.